The standard InChI is InChI=1S/C15H19N3O2/c1-10(2)13-14(16-3)17-9-18-15(13)20-12-6-4-11(8-19)5-7-12/h4-7,9-10,19H,8H2,1-3H3,(H,16,17,18). The number of nitrogens with one attached hydrogen (secondary N) is 1. The van der Waals surface area contributed by atoms with Crippen LogP contribution in [0.25, 0.3) is 0 Å². The fourth-order valence-electron chi connectivity index (χ4n) is 1.95. The summed E-state index contributed by atoms with van der Waals surface area (Å²) in [7, 11) is 1.83. The first-order valence-electron chi connectivity index (χ1n) is 6.56. The molecule has 0 aliphatic carbocycles. The summed E-state index contributed by atoms with van der Waals surface area (Å²) < 4.78 is 5.84. The first-order valence-corrected chi connectivity index (χ1v) is 6.56. The van der Waals surface area contributed by atoms with Gasteiger partial charge in [-0.3, -0.25) is 0 Å². The van der Waals surface area contributed by atoms with E-state index in [1.54, 1.807) is 0 Å². The zero-order chi connectivity index (χ0) is 14.5. The molecular formula is C15H19N3O2. The second kappa shape index (κ2) is 6.34. The average molecular weight is 273 g/mol. The summed E-state index contributed by atoms with van der Waals surface area (Å²) >= 11 is 0. The molecule has 0 unspecified atom stereocenters. The molecule has 5 nitrogen and oxygen atoms in total. The number of ether oxygens (including phenoxy) is 1. The van der Waals surface area contributed by atoms with Crippen molar-refractivity contribution in [2.45, 2.75) is 26.4 Å². The number of nitrogens with zero attached hydrogens (tertiary/aromatic N) is 2. The van der Waals surface area contributed by atoms with Gasteiger partial charge in [0.1, 0.15) is 17.9 Å². The molecule has 5 heteroatoms. The van der Waals surface area contributed by atoms with Crippen molar-refractivity contribution in [1.82, 2.24) is 9.97 Å². The van der Waals surface area contributed by atoms with E-state index in [2.05, 4.69) is 29.1 Å². The molecule has 0 spiro atoms. The van der Waals surface area contributed by atoms with Crippen LogP contribution in [0.2, 0.25) is 0 Å². The van der Waals surface area contributed by atoms with Crippen molar-refractivity contribution in [3.05, 3.63) is 41.7 Å². The molecule has 0 saturated carbocycles. The second-order valence-electron chi connectivity index (χ2n) is 4.75. The summed E-state index contributed by atoms with van der Waals surface area (Å²) in [6.07, 6.45) is 1.48. The van der Waals surface area contributed by atoms with E-state index in [1.165, 1.54) is 6.33 Å². The van der Waals surface area contributed by atoms with Crippen LogP contribution in [0.1, 0.15) is 30.9 Å². The smallest absolute Gasteiger partial charge is 0.227 e. The molecule has 0 fully saturated rings. The summed E-state index contributed by atoms with van der Waals surface area (Å²) in [6.45, 7) is 4.16. The lowest BCUT2D eigenvalue weighted by Gasteiger charge is -2.15. The first-order chi connectivity index (χ1) is 9.65. The Labute approximate surface area is 118 Å². The molecule has 0 saturated heterocycles. The third kappa shape index (κ3) is 3.05. The number of rotatable bonds is 5. The fraction of sp³-hybridized carbons (Fsp3) is 0.333. The molecule has 0 aliphatic rings. The van der Waals surface area contributed by atoms with E-state index < -0.39 is 0 Å². The van der Waals surface area contributed by atoms with E-state index in [-0.39, 0.29) is 12.5 Å². The van der Waals surface area contributed by atoms with Crippen molar-refractivity contribution in [3.8, 4) is 11.6 Å². The van der Waals surface area contributed by atoms with Crippen molar-refractivity contribution in [2.75, 3.05) is 12.4 Å². The third-order valence-electron chi connectivity index (χ3n) is 2.98. The van der Waals surface area contributed by atoms with Crippen LogP contribution in [0.5, 0.6) is 11.6 Å². The van der Waals surface area contributed by atoms with Crippen molar-refractivity contribution in [2.24, 2.45) is 0 Å². The lowest BCUT2D eigenvalue weighted by atomic mass is 10.1. The van der Waals surface area contributed by atoms with Crippen molar-refractivity contribution in [3.63, 3.8) is 0 Å². The molecule has 0 bridgehead atoms. The highest BCUT2D eigenvalue weighted by Crippen LogP contribution is 2.32. The zero-order valence-corrected chi connectivity index (χ0v) is 11.9. The zero-order valence-electron chi connectivity index (χ0n) is 11.9. The van der Waals surface area contributed by atoms with Gasteiger partial charge in [-0.05, 0) is 23.6 Å². The van der Waals surface area contributed by atoms with E-state index in [9.17, 15) is 0 Å². The Hall–Kier alpha value is -2.14. The van der Waals surface area contributed by atoms with Gasteiger partial charge in [0.25, 0.3) is 0 Å². The van der Waals surface area contributed by atoms with E-state index in [1.807, 2.05) is 31.3 Å². The Morgan fingerprint density at radius 3 is 2.45 bits per heavy atom. The largest absolute Gasteiger partial charge is 0.439 e. The van der Waals surface area contributed by atoms with Crippen LogP contribution in [0.3, 0.4) is 0 Å². The molecule has 0 radical (unpaired) electrons. The maximum atomic E-state index is 9.03. The van der Waals surface area contributed by atoms with Crippen LogP contribution < -0.4 is 10.1 Å². The lowest BCUT2D eigenvalue weighted by Crippen LogP contribution is -2.04. The minimum absolute atomic E-state index is 0.0228. The third-order valence-corrected chi connectivity index (χ3v) is 2.98. The summed E-state index contributed by atoms with van der Waals surface area (Å²) in [5.41, 5.74) is 1.79. The van der Waals surface area contributed by atoms with Gasteiger partial charge in [0, 0.05) is 7.05 Å². The molecule has 1 aromatic carbocycles. The molecule has 106 valence electrons. The Balaban J connectivity index is 2.32. The summed E-state index contributed by atoms with van der Waals surface area (Å²) in [5, 5.41) is 12.1. The predicted octanol–water partition coefficient (Wildman–Crippen LogP) is 2.93. The van der Waals surface area contributed by atoms with Gasteiger partial charge in [0.15, 0.2) is 0 Å². The number of hydrogen-bond acceptors (Lipinski definition) is 5. The van der Waals surface area contributed by atoms with E-state index in [0.29, 0.717) is 11.6 Å². The molecule has 0 aliphatic heterocycles. The lowest BCUT2D eigenvalue weighted by molar-refractivity contribution is 0.281. The quantitative estimate of drug-likeness (QED) is 0.876. The van der Waals surface area contributed by atoms with Crippen LogP contribution >= 0.6 is 0 Å². The second-order valence-corrected chi connectivity index (χ2v) is 4.75. The number of aliphatic hydroxyl groups excluding tert-OH is 1. The van der Waals surface area contributed by atoms with Crippen LogP contribution in [0.4, 0.5) is 5.82 Å². The average Bonchev–Trinajstić information content (AvgIpc) is 2.47. The van der Waals surface area contributed by atoms with Crippen LogP contribution in [-0.2, 0) is 6.61 Å². The van der Waals surface area contributed by atoms with Gasteiger partial charge in [-0.1, -0.05) is 26.0 Å². The fourth-order valence-corrected chi connectivity index (χ4v) is 1.95. The van der Waals surface area contributed by atoms with Crippen LogP contribution in [0, 0.1) is 0 Å². The number of aromatic nitrogens is 2. The highest BCUT2D eigenvalue weighted by molar-refractivity contribution is 5.51. The minimum atomic E-state index is 0.0228. The Morgan fingerprint density at radius 2 is 1.90 bits per heavy atom. The maximum Gasteiger partial charge on any atom is 0.227 e. The van der Waals surface area contributed by atoms with Crippen molar-refractivity contribution in [1.29, 1.82) is 0 Å². The molecule has 0 amide bonds. The minimum Gasteiger partial charge on any atom is -0.439 e. The summed E-state index contributed by atoms with van der Waals surface area (Å²) in [5.74, 6) is 2.25. The monoisotopic (exact) mass is 273 g/mol. The Bertz CT molecular complexity index is 568. The Morgan fingerprint density at radius 1 is 1.20 bits per heavy atom. The molecule has 0 atom stereocenters. The topological polar surface area (TPSA) is 67.3 Å². The normalized spacial score (nSPS) is 10.7. The van der Waals surface area contributed by atoms with E-state index >= 15 is 0 Å². The van der Waals surface area contributed by atoms with Crippen LogP contribution in [0.15, 0.2) is 30.6 Å². The highest BCUT2D eigenvalue weighted by Gasteiger charge is 2.16. The van der Waals surface area contributed by atoms with Gasteiger partial charge in [-0.15, -0.1) is 0 Å². The number of anilines is 1. The van der Waals surface area contributed by atoms with Gasteiger partial charge in [0.05, 0.1) is 12.2 Å². The van der Waals surface area contributed by atoms with Crippen molar-refractivity contribution >= 4 is 5.82 Å². The van der Waals surface area contributed by atoms with Gasteiger partial charge < -0.3 is 15.2 Å². The first kappa shape index (κ1) is 14.3. The molecule has 20 heavy (non-hydrogen) atoms. The molecule has 2 aromatic rings. The molecule has 1 aromatic heterocycles. The maximum absolute atomic E-state index is 9.03. The highest BCUT2D eigenvalue weighted by atomic mass is 16.5. The summed E-state index contributed by atoms with van der Waals surface area (Å²) in [4.78, 5) is 8.44. The van der Waals surface area contributed by atoms with E-state index in [4.69, 9.17) is 9.84 Å². The molecule has 1 heterocycles. The number of hydrogen-bond donors (Lipinski definition) is 2. The Kier molecular flexibility index (Phi) is 4.53. The van der Waals surface area contributed by atoms with Crippen LogP contribution in [-0.4, -0.2) is 22.1 Å². The van der Waals surface area contributed by atoms with Gasteiger partial charge >= 0.3 is 0 Å². The van der Waals surface area contributed by atoms with Crippen molar-refractivity contribution < 1.29 is 9.84 Å². The predicted molar refractivity (Wildman–Crippen MR) is 78.1 cm³/mol. The molecule has 2 rings (SSSR count). The van der Waals surface area contributed by atoms with Gasteiger partial charge in [0.2, 0.25) is 5.88 Å². The van der Waals surface area contributed by atoms with Gasteiger partial charge in [-0.25, -0.2) is 9.97 Å². The molecular weight excluding hydrogens is 254 g/mol. The SMILES string of the molecule is CNc1ncnc(Oc2ccc(CO)cc2)c1C(C)C. The number of benzene rings is 1. The summed E-state index contributed by atoms with van der Waals surface area (Å²) in [6, 6.07) is 7.28. The number of aliphatic hydroxyl groups is 1. The molecule has 2 N–H and O–H groups in total. The van der Waals surface area contributed by atoms with Gasteiger partial charge in [-0.2, -0.15) is 0 Å². The van der Waals surface area contributed by atoms with E-state index in [0.717, 1.165) is 16.9 Å².